The van der Waals surface area contributed by atoms with Crippen molar-refractivity contribution in [3.8, 4) is 0 Å². The van der Waals surface area contributed by atoms with Crippen LogP contribution in [0.5, 0.6) is 0 Å². The molecule has 34 heavy (non-hydrogen) atoms. The van der Waals surface area contributed by atoms with E-state index in [2.05, 4.69) is 99.4 Å². The van der Waals surface area contributed by atoms with E-state index in [0.29, 0.717) is 6.61 Å². The molecule has 2 nitrogen and oxygen atoms in total. The van der Waals surface area contributed by atoms with E-state index in [-0.39, 0.29) is 5.04 Å². The Labute approximate surface area is 214 Å². The highest BCUT2D eigenvalue weighted by molar-refractivity contribution is 6.74. The summed E-state index contributed by atoms with van der Waals surface area (Å²) >= 11 is 0. The Morgan fingerprint density at radius 1 is 0.794 bits per heavy atom. The van der Waals surface area contributed by atoms with Crippen molar-refractivity contribution in [2.45, 2.75) is 131 Å². The number of hydrogen-bond donors (Lipinski definition) is 1. The Morgan fingerprint density at radius 3 is 1.71 bits per heavy atom. The lowest BCUT2D eigenvalue weighted by Crippen LogP contribution is -2.41. The van der Waals surface area contributed by atoms with Crippen LogP contribution in [0.1, 0.15) is 107 Å². The second-order valence-corrected chi connectivity index (χ2v) is 16.7. The van der Waals surface area contributed by atoms with Gasteiger partial charge in [0.05, 0.1) is 12.7 Å². The number of hydrogen-bond acceptors (Lipinski definition) is 2. The molecule has 0 aliphatic carbocycles. The molecule has 0 aliphatic heterocycles. The van der Waals surface area contributed by atoms with Gasteiger partial charge in [-0.15, -0.1) is 0 Å². The minimum absolute atomic E-state index is 0.172. The van der Waals surface area contributed by atoms with Crippen LogP contribution in [0.25, 0.3) is 0 Å². The largest absolute Gasteiger partial charge is 0.413 e. The highest BCUT2D eigenvalue weighted by Crippen LogP contribution is 2.36. The average Bonchev–Trinajstić information content (AvgIpc) is 2.72. The topological polar surface area (TPSA) is 29.5 Å². The van der Waals surface area contributed by atoms with Crippen LogP contribution in [0.15, 0.2) is 58.7 Å². The van der Waals surface area contributed by atoms with Gasteiger partial charge < -0.3 is 9.53 Å². The molecular weight excluding hydrogens is 432 g/mol. The highest BCUT2D eigenvalue weighted by atomic mass is 28.4. The van der Waals surface area contributed by atoms with Gasteiger partial charge >= 0.3 is 0 Å². The van der Waals surface area contributed by atoms with Gasteiger partial charge in [-0.05, 0) is 110 Å². The van der Waals surface area contributed by atoms with Gasteiger partial charge in [-0.3, -0.25) is 0 Å². The molecule has 0 aromatic heterocycles. The van der Waals surface area contributed by atoms with Crippen LogP contribution in [0.4, 0.5) is 0 Å². The first-order chi connectivity index (χ1) is 15.7. The Bertz CT molecular complexity index is 725. The van der Waals surface area contributed by atoms with E-state index >= 15 is 0 Å². The fourth-order valence-corrected chi connectivity index (χ4v) is 4.23. The average molecular weight is 489 g/mol. The van der Waals surface area contributed by atoms with E-state index in [0.717, 1.165) is 50.5 Å². The van der Waals surface area contributed by atoms with Gasteiger partial charge in [0.1, 0.15) is 0 Å². The molecule has 1 N–H and O–H groups in total. The van der Waals surface area contributed by atoms with E-state index in [1.807, 2.05) is 0 Å². The molecule has 0 rings (SSSR count). The smallest absolute Gasteiger partial charge is 0.192 e. The molecule has 1 unspecified atom stereocenters. The monoisotopic (exact) mass is 488 g/mol. The maximum atomic E-state index is 10.5. The molecule has 0 amide bonds. The summed E-state index contributed by atoms with van der Waals surface area (Å²) in [7, 11) is -1.81. The zero-order valence-electron chi connectivity index (χ0n) is 24.3. The van der Waals surface area contributed by atoms with E-state index in [1.54, 1.807) is 0 Å². The third kappa shape index (κ3) is 15.7. The van der Waals surface area contributed by atoms with Crippen LogP contribution in [0, 0.1) is 0 Å². The van der Waals surface area contributed by atoms with Crippen molar-refractivity contribution in [2.75, 3.05) is 6.61 Å². The Balaban J connectivity index is 4.24. The lowest BCUT2D eigenvalue weighted by molar-refractivity contribution is 0.180. The van der Waals surface area contributed by atoms with Crippen molar-refractivity contribution < 1.29 is 9.53 Å². The summed E-state index contributed by atoms with van der Waals surface area (Å²) in [5.41, 5.74) is 6.54. The van der Waals surface area contributed by atoms with Crippen molar-refractivity contribution >= 4 is 8.32 Å². The quantitative estimate of drug-likeness (QED) is 0.133. The van der Waals surface area contributed by atoms with Gasteiger partial charge in [0.25, 0.3) is 0 Å². The third-order valence-electron chi connectivity index (χ3n) is 6.98. The third-order valence-corrected chi connectivity index (χ3v) is 11.5. The first-order valence-corrected chi connectivity index (χ1v) is 16.2. The molecule has 0 saturated heterocycles. The Morgan fingerprint density at radius 2 is 1.24 bits per heavy atom. The molecule has 3 heteroatoms. The summed E-state index contributed by atoms with van der Waals surface area (Å²) in [6.45, 7) is 26.7. The first-order valence-electron chi connectivity index (χ1n) is 13.3. The minimum atomic E-state index is -1.81. The molecule has 0 aromatic carbocycles. The van der Waals surface area contributed by atoms with Gasteiger partial charge in [0.15, 0.2) is 8.32 Å². The van der Waals surface area contributed by atoms with Gasteiger partial charge in [0.2, 0.25) is 0 Å². The molecule has 0 bridgehead atoms. The van der Waals surface area contributed by atoms with Crippen molar-refractivity contribution in [3.05, 3.63) is 58.7 Å². The summed E-state index contributed by atoms with van der Waals surface area (Å²) in [6, 6.07) is 0. The molecule has 0 fully saturated rings. The van der Waals surface area contributed by atoms with Crippen molar-refractivity contribution in [1.29, 1.82) is 0 Å². The number of aliphatic hydroxyl groups excluding tert-OH is 1. The van der Waals surface area contributed by atoms with Crippen molar-refractivity contribution in [3.63, 3.8) is 0 Å². The first kappa shape index (κ1) is 32.8. The highest BCUT2D eigenvalue weighted by Gasteiger charge is 2.37. The number of allylic oxidation sites excluding steroid dienone is 8. The number of unbranched alkanes of at least 4 members (excludes halogenated alkanes) is 1. The predicted molar refractivity (Wildman–Crippen MR) is 156 cm³/mol. The second-order valence-electron chi connectivity index (χ2n) is 11.8. The zero-order chi connectivity index (χ0) is 26.4. The molecule has 0 spiro atoms. The molecule has 0 heterocycles. The lowest BCUT2D eigenvalue weighted by atomic mass is 10.0. The maximum Gasteiger partial charge on any atom is 0.192 e. The zero-order valence-corrected chi connectivity index (χ0v) is 25.3. The summed E-state index contributed by atoms with van der Waals surface area (Å²) in [6.07, 6.45) is 17.3. The predicted octanol–water partition coefficient (Wildman–Crippen LogP) is 9.85. The van der Waals surface area contributed by atoms with Gasteiger partial charge in [0, 0.05) is 0 Å². The summed E-state index contributed by atoms with van der Waals surface area (Å²) < 4.78 is 6.20. The SMILES string of the molecule is C=C(CO[Si](C)(C)C(C)(C)C)C(O)CC/C(C)=C\CC/C=C(\C)CC/C=C(\C)CCC=C(C)C. The molecule has 196 valence electrons. The van der Waals surface area contributed by atoms with Crippen molar-refractivity contribution in [2.24, 2.45) is 0 Å². The van der Waals surface area contributed by atoms with Crippen LogP contribution >= 0.6 is 0 Å². The normalized spacial score (nSPS) is 14.9. The number of rotatable bonds is 16. The van der Waals surface area contributed by atoms with E-state index in [4.69, 9.17) is 4.43 Å². The molecular formula is C31H56O2Si. The molecule has 0 aliphatic rings. The summed E-state index contributed by atoms with van der Waals surface area (Å²) in [5.74, 6) is 0. The van der Waals surface area contributed by atoms with Crippen molar-refractivity contribution in [1.82, 2.24) is 0 Å². The van der Waals surface area contributed by atoms with E-state index in [1.165, 1.54) is 28.7 Å². The fraction of sp³-hybridized carbons (Fsp3) is 0.677. The van der Waals surface area contributed by atoms with E-state index in [9.17, 15) is 5.11 Å². The fourth-order valence-electron chi connectivity index (χ4n) is 3.25. The van der Waals surface area contributed by atoms with Crippen LogP contribution in [0.2, 0.25) is 18.1 Å². The molecule has 0 aromatic rings. The second kappa shape index (κ2) is 16.5. The maximum absolute atomic E-state index is 10.5. The lowest BCUT2D eigenvalue weighted by Gasteiger charge is -2.36. The van der Waals surface area contributed by atoms with Crippen LogP contribution in [-0.2, 0) is 4.43 Å². The van der Waals surface area contributed by atoms with Gasteiger partial charge in [-0.2, -0.15) is 0 Å². The molecule has 0 saturated carbocycles. The van der Waals surface area contributed by atoms with Gasteiger partial charge in [-0.1, -0.05) is 73.9 Å². The summed E-state index contributed by atoms with van der Waals surface area (Å²) in [5, 5.41) is 10.7. The minimum Gasteiger partial charge on any atom is -0.413 e. The van der Waals surface area contributed by atoms with E-state index < -0.39 is 14.4 Å². The van der Waals surface area contributed by atoms with Crippen LogP contribution < -0.4 is 0 Å². The summed E-state index contributed by atoms with van der Waals surface area (Å²) in [4.78, 5) is 0. The van der Waals surface area contributed by atoms with Gasteiger partial charge in [-0.25, -0.2) is 0 Å². The van der Waals surface area contributed by atoms with Crippen LogP contribution in [-0.4, -0.2) is 26.1 Å². The molecule has 0 radical (unpaired) electrons. The standard InChI is InChI=1S/C31H56O2Si/c1-25(2)16-14-19-27(4)21-15-20-26(3)17-12-13-18-28(5)22-23-30(32)29(6)24-33-34(10,11)31(7,8)9/h16-18,21,30,32H,6,12-15,19-20,22-24H2,1-5,7-11H3/b26-17+,27-21+,28-18-. The Kier molecular flexibility index (Phi) is 15.9. The molecule has 1 atom stereocenters. The number of aliphatic hydroxyl groups is 1. The Hall–Kier alpha value is -1.16. The van der Waals surface area contributed by atoms with Crippen LogP contribution in [0.3, 0.4) is 0 Å².